The van der Waals surface area contributed by atoms with Crippen molar-refractivity contribution in [2.45, 2.75) is 20.3 Å². The number of benzene rings is 1. The predicted molar refractivity (Wildman–Crippen MR) is 72.7 cm³/mol. The Hall–Kier alpha value is -2.37. The average Bonchev–Trinajstić information content (AvgIpc) is 2.37. The van der Waals surface area contributed by atoms with E-state index in [2.05, 4.69) is 16.0 Å². The van der Waals surface area contributed by atoms with E-state index < -0.39 is 0 Å². The zero-order valence-electron chi connectivity index (χ0n) is 10.9. The third-order valence-electron chi connectivity index (χ3n) is 2.26. The van der Waals surface area contributed by atoms with Crippen molar-refractivity contribution < 1.29 is 14.4 Å². The molecule has 0 saturated heterocycles. The maximum atomic E-state index is 11.5. The summed E-state index contributed by atoms with van der Waals surface area (Å²) in [5, 5.41) is 7.74. The number of nitrogens with one attached hydrogen (secondary N) is 3. The molecule has 6 nitrogen and oxygen atoms in total. The second-order valence-electron chi connectivity index (χ2n) is 3.94. The van der Waals surface area contributed by atoms with Gasteiger partial charge in [0.05, 0.1) is 6.54 Å². The van der Waals surface area contributed by atoms with Gasteiger partial charge >= 0.3 is 0 Å². The molecule has 0 unspecified atom stereocenters. The van der Waals surface area contributed by atoms with Crippen LogP contribution in [0.1, 0.15) is 20.3 Å². The fourth-order valence-corrected chi connectivity index (χ4v) is 1.35. The van der Waals surface area contributed by atoms with E-state index in [9.17, 15) is 14.4 Å². The fourth-order valence-electron chi connectivity index (χ4n) is 1.35. The van der Waals surface area contributed by atoms with Crippen LogP contribution < -0.4 is 16.0 Å². The maximum Gasteiger partial charge on any atom is 0.243 e. The lowest BCUT2D eigenvalue weighted by Crippen LogP contribution is -2.32. The van der Waals surface area contributed by atoms with Crippen LogP contribution in [0, 0.1) is 0 Å². The van der Waals surface area contributed by atoms with Crippen LogP contribution >= 0.6 is 0 Å². The van der Waals surface area contributed by atoms with Crippen molar-refractivity contribution in [2.75, 3.05) is 17.2 Å². The lowest BCUT2D eigenvalue weighted by molar-refractivity contribution is -0.123. The van der Waals surface area contributed by atoms with E-state index in [1.807, 2.05) is 0 Å². The van der Waals surface area contributed by atoms with E-state index in [0.29, 0.717) is 17.8 Å². The Kier molecular flexibility index (Phi) is 5.53. The quantitative estimate of drug-likeness (QED) is 0.743. The molecular weight excluding hydrogens is 246 g/mol. The largest absolute Gasteiger partial charge is 0.347 e. The van der Waals surface area contributed by atoms with Gasteiger partial charge in [-0.25, -0.2) is 0 Å². The number of anilines is 2. The number of hydrogen-bond donors (Lipinski definition) is 3. The molecule has 0 radical (unpaired) electrons. The Morgan fingerprint density at radius 3 is 1.95 bits per heavy atom. The highest BCUT2D eigenvalue weighted by molar-refractivity contribution is 5.95. The lowest BCUT2D eigenvalue weighted by Gasteiger charge is -2.07. The van der Waals surface area contributed by atoms with Gasteiger partial charge in [-0.3, -0.25) is 14.4 Å². The van der Waals surface area contributed by atoms with Gasteiger partial charge in [-0.2, -0.15) is 0 Å². The fraction of sp³-hybridized carbons (Fsp3) is 0.308. The summed E-state index contributed by atoms with van der Waals surface area (Å²) in [6.45, 7) is 3.08. The molecule has 0 aliphatic heterocycles. The summed E-state index contributed by atoms with van der Waals surface area (Å²) in [5.41, 5.74) is 1.26. The Balaban J connectivity index is 2.46. The van der Waals surface area contributed by atoms with Crippen LogP contribution in [-0.2, 0) is 14.4 Å². The standard InChI is InChI=1S/C13H17N3O3/c1-3-12(18)14-8-13(19)16-11-6-4-10(5-7-11)15-9(2)17/h4-7H,3,8H2,1-2H3,(H,14,18)(H,15,17)(H,16,19). The molecule has 0 aromatic heterocycles. The van der Waals surface area contributed by atoms with Crippen LogP contribution in [0.5, 0.6) is 0 Å². The van der Waals surface area contributed by atoms with Gasteiger partial charge < -0.3 is 16.0 Å². The molecule has 3 N–H and O–H groups in total. The highest BCUT2D eigenvalue weighted by Crippen LogP contribution is 2.13. The van der Waals surface area contributed by atoms with E-state index in [4.69, 9.17) is 0 Å². The number of hydrogen-bond acceptors (Lipinski definition) is 3. The van der Waals surface area contributed by atoms with Gasteiger partial charge in [0.15, 0.2) is 0 Å². The Morgan fingerprint density at radius 1 is 0.947 bits per heavy atom. The van der Waals surface area contributed by atoms with Crippen LogP contribution in [0.25, 0.3) is 0 Å². The minimum absolute atomic E-state index is 0.0554. The van der Waals surface area contributed by atoms with Gasteiger partial charge in [0.2, 0.25) is 17.7 Å². The SMILES string of the molecule is CCC(=O)NCC(=O)Nc1ccc(NC(C)=O)cc1. The van der Waals surface area contributed by atoms with E-state index in [1.54, 1.807) is 31.2 Å². The highest BCUT2D eigenvalue weighted by Gasteiger charge is 2.04. The molecule has 0 spiro atoms. The summed E-state index contributed by atoms with van der Waals surface area (Å²) in [4.78, 5) is 33.3. The molecule has 1 aromatic rings. The first-order valence-corrected chi connectivity index (χ1v) is 5.95. The minimum Gasteiger partial charge on any atom is -0.347 e. The first-order valence-electron chi connectivity index (χ1n) is 5.95. The van der Waals surface area contributed by atoms with Crippen LogP contribution in [0.3, 0.4) is 0 Å². The predicted octanol–water partition coefficient (Wildman–Crippen LogP) is 1.11. The van der Waals surface area contributed by atoms with Crippen LogP contribution in [0.15, 0.2) is 24.3 Å². The topological polar surface area (TPSA) is 87.3 Å². The molecule has 0 aliphatic rings. The highest BCUT2D eigenvalue weighted by atomic mass is 16.2. The van der Waals surface area contributed by atoms with Crippen LogP contribution in [0.2, 0.25) is 0 Å². The van der Waals surface area contributed by atoms with Gasteiger partial charge in [0.1, 0.15) is 0 Å². The molecule has 0 heterocycles. The lowest BCUT2D eigenvalue weighted by atomic mass is 10.2. The van der Waals surface area contributed by atoms with Crippen molar-refractivity contribution >= 4 is 29.1 Å². The number of amides is 3. The van der Waals surface area contributed by atoms with Gasteiger partial charge in [-0.1, -0.05) is 6.92 Å². The summed E-state index contributed by atoms with van der Waals surface area (Å²) in [6.07, 6.45) is 0.346. The van der Waals surface area contributed by atoms with Crippen molar-refractivity contribution in [3.05, 3.63) is 24.3 Å². The summed E-state index contributed by atoms with van der Waals surface area (Å²) < 4.78 is 0. The van der Waals surface area contributed by atoms with Gasteiger partial charge in [0.25, 0.3) is 0 Å². The normalized spacial score (nSPS) is 9.58. The van der Waals surface area contributed by atoms with Gasteiger partial charge in [0, 0.05) is 24.7 Å². The summed E-state index contributed by atoms with van der Waals surface area (Å²) >= 11 is 0. The number of carbonyl (C=O) groups is 3. The molecule has 0 atom stereocenters. The second kappa shape index (κ2) is 7.15. The van der Waals surface area contributed by atoms with Gasteiger partial charge in [-0.05, 0) is 24.3 Å². The van der Waals surface area contributed by atoms with Crippen LogP contribution in [-0.4, -0.2) is 24.3 Å². The Bertz CT molecular complexity index is 469. The first kappa shape index (κ1) is 14.7. The molecular formula is C13H17N3O3. The average molecular weight is 263 g/mol. The Labute approximate surface area is 111 Å². The monoisotopic (exact) mass is 263 g/mol. The third-order valence-corrected chi connectivity index (χ3v) is 2.26. The van der Waals surface area contributed by atoms with E-state index in [-0.39, 0.29) is 24.3 Å². The zero-order valence-corrected chi connectivity index (χ0v) is 10.9. The van der Waals surface area contributed by atoms with Crippen LogP contribution in [0.4, 0.5) is 11.4 Å². The summed E-state index contributed by atoms with van der Waals surface area (Å²) in [5.74, 6) is -0.621. The van der Waals surface area contributed by atoms with E-state index in [0.717, 1.165) is 0 Å². The van der Waals surface area contributed by atoms with Crippen molar-refractivity contribution in [3.8, 4) is 0 Å². The molecule has 0 saturated carbocycles. The molecule has 0 aliphatic carbocycles. The molecule has 19 heavy (non-hydrogen) atoms. The minimum atomic E-state index is -0.297. The molecule has 3 amide bonds. The van der Waals surface area contributed by atoms with Crippen molar-refractivity contribution in [3.63, 3.8) is 0 Å². The van der Waals surface area contributed by atoms with Crippen molar-refractivity contribution in [1.82, 2.24) is 5.32 Å². The summed E-state index contributed by atoms with van der Waals surface area (Å²) in [6, 6.07) is 6.71. The molecule has 1 rings (SSSR count). The molecule has 0 bridgehead atoms. The second-order valence-corrected chi connectivity index (χ2v) is 3.94. The maximum absolute atomic E-state index is 11.5. The molecule has 1 aromatic carbocycles. The molecule has 102 valence electrons. The number of rotatable bonds is 5. The van der Waals surface area contributed by atoms with E-state index >= 15 is 0 Å². The molecule has 0 fully saturated rings. The third kappa shape index (κ3) is 5.67. The number of carbonyl (C=O) groups excluding carboxylic acids is 3. The zero-order chi connectivity index (χ0) is 14.3. The van der Waals surface area contributed by atoms with Crippen molar-refractivity contribution in [1.29, 1.82) is 0 Å². The Morgan fingerprint density at radius 2 is 1.47 bits per heavy atom. The van der Waals surface area contributed by atoms with Gasteiger partial charge in [-0.15, -0.1) is 0 Å². The molecule has 6 heteroatoms. The summed E-state index contributed by atoms with van der Waals surface area (Å²) in [7, 11) is 0. The smallest absolute Gasteiger partial charge is 0.243 e. The first-order chi connectivity index (χ1) is 9.01. The van der Waals surface area contributed by atoms with E-state index in [1.165, 1.54) is 6.92 Å². The van der Waals surface area contributed by atoms with Crippen molar-refractivity contribution in [2.24, 2.45) is 0 Å².